The van der Waals surface area contributed by atoms with Crippen molar-refractivity contribution >= 4 is 5.69 Å². The fourth-order valence-electron chi connectivity index (χ4n) is 1.35. The molecule has 84 valence electrons. The maximum absolute atomic E-state index is 13.5. The predicted molar refractivity (Wildman–Crippen MR) is 57.5 cm³/mol. The summed E-state index contributed by atoms with van der Waals surface area (Å²) in [6.45, 7) is 4.03. The zero-order valence-corrected chi connectivity index (χ0v) is 9.12. The lowest BCUT2D eigenvalue weighted by atomic mass is 10.2. The minimum atomic E-state index is -0.269. The number of anilines is 1. The molecule has 0 atom stereocenters. The van der Waals surface area contributed by atoms with Crippen molar-refractivity contribution < 1.29 is 9.02 Å². The van der Waals surface area contributed by atoms with Crippen molar-refractivity contribution in [3.8, 4) is 0 Å². The fourth-order valence-corrected chi connectivity index (χ4v) is 1.35. The van der Waals surface area contributed by atoms with Crippen LogP contribution in [0.5, 0.6) is 0 Å². The molecular formula is C11H12FN3O. The molecule has 16 heavy (non-hydrogen) atoms. The lowest BCUT2D eigenvalue weighted by molar-refractivity contribution is 0.301. The van der Waals surface area contributed by atoms with Crippen LogP contribution >= 0.6 is 0 Å². The van der Waals surface area contributed by atoms with Crippen molar-refractivity contribution in [3.05, 3.63) is 41.0 Å². The van der Waals surface area contributed by atoms with Crippen molar-refractivity contribution in [3.63, 3.8) is 0 Å². The van der Waals surface area contributed by atoms with Gasteiger partial charge in [-0.05, 0) is 31.5 Å². The highest BCUT2D eigenvalue weighted by Gasteiger charge is 2.06. The summed E-state index contributed by atoms with van der Waals surface area (Å²) < 4.78 is 18.0. The number of hydrogen-bond acceptors (Lipinski definition) is 4. The van der Waals surface area contributed by atoms with E-state index in [-0.39, 0.29) is 5.82 Å². The van der Waals surface area contributed by atoms with E-state index in [9.17, 15) is 4.39 Å². The van der Waals surface area contributed by atoms with Crippen LogP contribution in [0, 0.1) is 19.7 Å². The van der Waals surface area contributed by atoms with Gasteiger partial charge in [-0.1, -0.05) is 16.4 Å². The Morgan fingerprint density at radius 1 is 1.31 bits per heavy atom. The Balaban J connectivity index is 2.08. The summed E-state index contributed by atoms with van der Waals surface area (Å²) in [5.41, 5.74) is 2.73. The molecule has 0 unspecified atom stereocenters. The molecule has 0 radical (unpaired) electrons. The number of aromatic nitrogens is 2. The lowest BCUT2D eigenvalue weighted by Crippen LogP contribution is -2.03. The molecule has 0 aliphatic carbocycles. The quantitative estimate of drug-likeness (QED) is 0.864. The van der Waals surface area contributed by atoms with E-state index in [4.69, 9.17) is 0 Å². The Morgan fingerprint density at radius 3 is 2.75 bits per heavy atom. The second-order valence-electron chi connectivity index (χ2n) is 3.63. The number of halogens is 1. The first kappa shape index (κ1) is 10.6. The van der Waals surface area contributed by atoms with E-state index >= 15 is 0 Å². The van der Waals surface area contributed by atoms with E-state index in [0.717, 1.165) is 5.56 Å². The Hall–Kier alpha value is -1.91. The van der Waals surface area contributed by atoms with Gasteiger partial charge in [0.25, 0.3) is 0 Å². The average molecular weight is 221 g/mol. The van der Waals surface area contributed by atoms with E-state index in [2.05, 4.69) is 20.3 Å². The van der Waals surface area contributed by atoms with Crippen molar-refractivity contribution in [2.24, 2.45) is 0 Å². The van der Waals surface area contributed by atoms with E-state index in [1.54, 1.807) is 13.0 Å². The second-order valence-corrected chi connectivity index (χ2v) is 3.63. The number of aryl methyl sites for hydroxylation is 2. The van der Waals surface area contributed by atoms with Crippen LogP contribution in [0.15, 0.2) is 22.8 Å². The van der Waals surface area contributed by atoms with Crippen molar-refractivity contribution in [2.75, 3.05) is 5.32 Å². The highest BCUT2D eigenvalue weighted by molar-refractivity contribution is 5.46. The first-order chi connectivity index (χ1) is 7.66. The molecule has 1 aromatic heterocycles. The largest absolute Gasteiger partial charge is 0.377 e. The van der Waals surface area contributed by atoms with Crippen molar-refractivity contribution in [2.45, 2.75) is 20.4 Å². The molecule has 0 aliphatic rings. The summed E-state index contributed by atoms with van der Waals surface area (Å²) in [5.74, 6) is -0.269. The van der Waals surface area contributed by atoms with Gasteiger partial charge in [-0.25, -0.2) is 9.02 Å². The lowest BCUT2D eigenvalue weighted by Gasteiger charge is -2.06. The van der Waals surface area contributed by atoms with Gasteiger partial charge in [0.15, 0.2) is 0 Å². The third-order valence-corrected chi connectivity index (χ3v) is 2.32. The van der Waals surface area contributed by atoms with Crippen LogP contribution in [0.4, 0.5) is 10.1 Å². The number of nitrogens with one attached hydrogen (secondary N) is 1. The van der Waals surface area contributed by atoms with E-state index in [1.807, 2.05) is 13.0 Å². The maximum atomic E-state index is 13.5. The monoisotopic (exact) mass is 221 g/mol. The van der Waals surface area contributed by atoms with Crippen LogP contribution in [0.2, 0.25) is 0 Å². The molecule has 0 amide bonds. The molecule has 0 spiro atoms. The van der Waals surface area contributed by atoms with Gasteiger partial charge in [-0.2, -0.15) is 0 Å². The number of hydrogen-bond donors (Lipinski definition) is 1. The minimum absolute atomic E-state index is 0.269. The highest BCUT2D eigenvalue weighted by Crippen LogP contribution is 2.16. The van der Waals surface area contributed by atoms with Crippen LogP contribution in [0.3, 0.4) is 0 Å². The summed E-state index contributed by atoms with van der Waals surface area (Å²) in [6.07, 6.45) is 0. The van der Waals surface area contributed by atoms with Crippen LogP contribution in [-0.4, -0.2) is 10.3 Å². The molecule has 4 nitrogen and oxygen atoms in total. The molecule has 0 saturated carbocycles. The molecule has 0 aliphatic heterocycles. The maximum Gasteiger partial charge on any atom is 0.146 e. The minimum Gasteiger partial charge on any atom is -0.377 e. The second kappa shape index (κ2) is 4.30. The van der Waals surface area contributed by atoms with Gasteiger partial charge < -0.3 is 5.32 Å². The standard InChI is InChI=1S/C11H12FN3O/c1-7-3-4-10(9(12)5-7)13-6-11-8(2)14-16-15-11/h3-5,13H,6H2,1-2H3. The SMILES string of the molecule is Cc1ccc(NCc2nonc2C)c(F)c1. The molecule has 1 aromatic carbocycles. The first-order valence-electron chi connectivity index (χ1n) is 4.95. The van der Waals surface area contributed by atoms with Gasteiger partial charge in [-0.15, -0.1) is 0 Å². The molecule has 2 rings (SSSR count). The Kier molecular flexibility index (Phi) is 2.85. The molecule has 0 fully saturated rings. The zero-order chi connectivity index (χ0) is 11.5. The van der Waals surface area contributed by atoms with E-state index < -0.39 is 0 Å². The highest BCUT2D eigenvalue weighted by atomic mass is 19.1. The molecule has 0 bridgehead atoms. The van der Waals surface area contributed by atoms with Crippen LogP contribution in [-0.2, 0) is 6.54 Å². The predicted octanol–water partition coefficient (Wildman–Crippen LogP) is 2.44. The summed E-state index contributed by atoms with van der Waals surface area (Å²) >= 11 is 0. The van der Waals surface area contributed by atoms with Gasteiger partial charge in [0.2, 0.25) is 0 Å². The van der Waals surface area contributed by atoms with Crippen molar-refractivity contribution in [1.29, 1.82) is 0 Å². The van der Waals surface area contributed by atoms with Gasteiger partial charge >= 0.3 is 0 Å². The summed E-state index contributed by atoms with van der Waals surface area (Å²) in [7, 11) is 0. The summed E-state index contributed by atoms with van der Waals surface area (Å²) in [6, 6.07) is 5.03. The topological polar surface area (TPSA) is 51.0 Å². The molecule has 1 heterocycles. The van der Waals surface area contributed by atoms with Gasteiger partial charge in [-0.3, -0.25) is 0 Å². The number of benzene rings is 1. The molecule has 5 heteroatoms. The third-order valence-electron chi connectivity index (χ3n) is 2.32. The zero-order valence-electron chi connectivity index (χ0n) is 9.12. The van der Waals surface area contributed by atoms with E-state index in [0.29, 0.717) is 23.6 Å². The van der Waals surface area contributed by atoms with Crippen LogP contribution in [0.25, 0.3) is 0 Å². The number of rotatable bonds is 3. The van der Waals surface area contributed by atoms with Crippen LogP contribution < -0.4 is 5.32 Å². The number of nitrogens with zero attached hydrogens (tertiary/aromatic N) is 2. The summed E-state index contributed by atoms with van der Waals surface area (Å²) in [4.78, 5) is 0. The molecular weight excluding hydrogens is 209 g/mol. The summed E-state index contributed by atoms with van der Waals surface area (Å²) in [5, 5.41) is 10.3. The third kappa shape index (κ3) is 2.18. The molecule has 2 aromatic rings. The van der Waals surface area contributed by atoms with E-state index in [1.165, 1.54) is 6.07 Å². The first-order valence-corrected chi connectivity index (χ1v) is 4.95. The van der Waals surface area contributed by atoms with Gasteiger partial charge in [0, 0.05) is 0 Å². The van der Waals surface area contributed by atoms with Crippen LogP contribution in [0.1, 0.15) is 17.0 Å². The van der Waals surface area contributed by atoms with Crippen molar-refractivity contribution in [1.82, 2.24) is 10.3 Å². The fraction of sp³-hybridized carbons (Fsp3) is 0.273. The Bertz CT molecular complexity index is 496. The Morgan fingerprint density at radius 2 is 2.12 bits per heavy atom. The molecule has 1 N–H and O–H groups in total. The molecule has 0 saturated heterocycles. The Labute approximate surface area is 92.4 Å². The average Bonchev–Trinajstić information content (AvgIpc) is 2.63. The van der Waals surface area contributed by atoms with Gasteiger partial charge in [0.05, 0.1) is 12.2 Å². The smallest absolute Gasteiger partial charge is 0.146 e. The normalized spacial score (nSPS) is 10.4. The van der Waals surface area contributed by atoms with Gasteiger partial charge in [0.1, 0.15) is 17.2 Å².